The van der Waals surface area contributed by atoms with Gasteiger partial charge in [0, 0.05) is 10.7 Å². The molecule has 1 aliphatic heterocycles. The van der Waals surface area contributed by atoms with E-state index in [9.17, 15) is 4.79 Å². The average molecular weight is 358 g/mol. The van der Waals surface area contributed by atoms with Crippen LogP contribution in [0.15, 0.2) is 48.6 Å². The number of amides is 1. The molecule has 4 nitrogen and oxygen atoms in total. The molecule has 0 aromatic heterocycles. The van der Waals surface area contributed by atoms with Crippen molar-refractivity contribution in [3.8, 4) is 11.5 Å². The van der Waals surface area contributed by atoms with Crippen LogP contribution in [-0.2, 0) is 11.2 Å². The first-order valence-electron chi connectivity index (χ1n) is 8.02. The van der Waals surface area contributed by atoms with E-state index in [-0.39, 0.29) is 11.8 Å². The predicted molar refractivity (Wildman–Crippen MR) is 99.8 cm³/mol. The number of fused-ring (bicyclic) bond motifs is 1. The van der Waals surface area contributed by atoms with Gasteiger partial charge in [0.05, 0.1) is 13.0 Å². The largest absolute Gasteiger partial charge is 0.493 e. The van der Waals surface area contributed by atoms with Crippen LogP contribution in [-0.4, -0.2) is 19.6 Å². The van der Waals surface area contributed by atoms with Crippen molar-refractivity contribution in [1.29, 1.82) is 0 Å². The molecular weight excluding hydrogens is 338 g/mol. The Kier molecular flexibility index (Phi) is 5.00. The number of nitrogens with one attached hydrogen (secondary N) is 1. The summed E-state index contributed by atoms with van der Waals surface area (Å²) in [4.78, 5) is 12.3. The zero-order valence-corrected chi connectivity index (χ0v) is 15.0. The monoisotopic (exact) mass is 357 g/mol. The van der Waals surface area contributed by atoms with Gasteiger partial charge in [0.15, 0.2) is 11.5 Å². The Morgan fingerprint density at radius 2 is 2.04 bits per heavy atom. The van der Waals surface area contributed by atoms with Gasteiger partial charge in [-0.1, -0.05) is 30.3 Å². The molecule has 0 saturated carbocycles. The van der Waals surface area contributed by atoms with E-state index >= 15 is 0 Å². The number of hydrogen-bond acceptors (Lipinski definition) is 3. The van der Waals surface area contributed by atoms with Crippen molar-refractivity contribution in [1.82, 2.24) is 0 Å². The first-order chi connectivity index (χ1) is 12.0. The lowest BCUT2D eigenvalue weighted by Gasteiger charge is -2.14. The van der Waals surface area contributed by atoms with E-state index in [1.165, 1.54) is 0 Å². The van der Waals surface area contributed by atoms with Gasteiger partial charge in [0.2, 0.25) is 5.91 Å². The highest BCUT2D eigenvalue weighted by molar-refractivity contribution is 6.31. The van der Waals surface area contributed by atoms with Crippen LogP contribution in [0.25, 0.3) is 0 Å². The van der Waals surface area contributed by atoms with Crippen LogP contribution in [0.5, 0.6) is 11.5 Å². The molecule has 130 valence electrons. The zero-order chi connectivity index (χ0) is 18.0. The maximum Gasteiger partial charge on any atom is 0.232 e. The predicted octanol–water partition coefficient (Wildman–Crippen LogP) is 4.58. The minimum Gasteiger partial charge on any atom is -0.493 e. The van der Waals surface area contributed by atoms with Gasteiger partial charge in [-0.2, -0.15) is 0 Å². The fourth-order valence-corrected chi connectivity index (χ4v) is 3.07. The Morgan fingerprint density at radius 1 is 1.24 bits per heavy atom. The molecule has 1 N–H and O–H groups in total. The van der Waals surface area contributed by atoms with E-state index < -0.39 is 0 Å². The van der Waals surface area contributed by atoms with E-state index in [2.05, 4.69) is 11.9 Å². The Bertz CT molecular complexity index is 832. The molecule has 0 unspecified atom stereocenters. The molecule has 0 saturated heterocycles. The molecule has 1 atom stereocenters. The van der Waals surface area contributed by atoms with Crippen LogP contribution in [0.3, 0.4) is 0 Å². The summed E-state index contributed by atoms with van der Waals surface area (Å²) in [5.74, 6) is 1.06. The van der Waals surface area contributed by atoms with Crippen molar-refractivity contribution < 1.29 is 14.3 Å². The van der Waals surface area contributed by atoms with Gasteiger partial charge in [0.25, 0.3) is 0 Å². The SMILES string of the molecule is C=C(C)COc1ccc(C[C@@H]2C(=O)Nc3cc(Cl)ccc32)cc1OC. The summed E-state index contributed by atoms with van der Waals surface area (Å²) in [6.07, 6.45) is 0.581. The van der Waals surface area contributed by atoms with E-state index in [0.29, 0.717) is 29.5 Å². The smallest absolute Gasteiger partial charge is 0.232 e. The van der Waals surface area contributed by atoms with Gasteiger partial charge in [-0.25, -0.2) is 0 Å². The zero-order valence-electron chi connectivity index (χ0n) is 14.3. The molecule has 5 heteroatoms. The summed E-state index contributed by atoms with van der Waals surface area (Å²) in [7, 11) is 1.60. The maximum atomic E-state index is 12.3. The lowest BCUT2D eigenvalue weighted by atomic mass is 9.93. The maximum absolute atomic E-state index is 12.3. The number of rotatable bonds is 6. The molecule has 0 spiro atoms. The summed E-state index contributed by atoms with van der Waals surface area (Å²) in [6, 6.07) is 11.2. The lowest BCUT2D eigenvalue weighted by Crippen LogP contribution is -2.14. The van der Waals surface area contributed by atoms with E-state index in [4.69, 9.17) is 21.1 Å². The Balaban J connectivity index is 1.82. The summed E-state index contributed by atoms with van der Waals surface area (Å²) in [5, 5.41) is 3.50. The van der Waals surface area contributed by atoms with Crippen LogP contribution >= 0.6 is 11.6 Å². The number of ether oxygens (including phenoxy) is 2. The fourth-order valence-electron chi connectivity index (χ4n) is 2.90. The fraction of sp³-hybridized carbons (Fsp3) is 0.250. The molecular formula is C20H20ClNO3. The van der Waals surface area contributed by atoms with Crippen LogP contribution in [0.4, 0.5) is 5.69 Å². The second-order valence-electron chi connectivity index (χ2n) is 6.21. The van der Waals surface area contributed by atoms with Gasteiger partial charge < -0.3 is 14.8 Å². The molecule has 0 radical (unpaired) electrons. The average Bonchev–Trinajstić information content (AvgIpc) is 2.88. The van der Waals surface area contributed by atoms with Crippen molar-refractivity contribution in [3.63, 3.8) is 0 Å². The van der Waals surface area contributed by atoms with Crippen LogP contribution < -0.4 is 14.8 Å². The topological polar surface area (TPSA) is 47.6 Å². The van der Waals surface area contributed by atoms with Gasteiger partial charge in [-0.15, -0.1) is 0 Å². The highest BCUT2D eigenvalue weighted by Crippen LogP contribution is 2.37. The van der Waals surface area contributed by atoms with E-state index in [1.54, 1.807) is 13.2 Å². The minimum atomic E-state index is -0.237. The summed E-state index contributed by atoms with van der Waals surface area (Å²) >= 11 is 6.00. The van der Waals surface area contributed by atoms with Gasteiger partial charge >= 0.3 is 0 Å². The molecule has 0 bridgehead atoms. The van der Waals surface area contributed by atoms with Gasteiger partial charge in [0.1, 0.15) is 6.61 Å². The molecule has 2 aromatic rings. The van der Waals surface area contributed by atoms with E-state index in [0.717, 1.165) is 22.4 Å². The molecule has 1 amide bonds. The number of methoxy groups -OCH3 is 1. The number of hydrogen-bond donors (Lipinski definition) is 1. The van der Waals surface area contributed by atoms with Crippen molar-refractivity contribution >= 4 is 23.2 Å². The Hall–Kier alpha value is -2.46. The number of carbonyl (C=O) groups excluding carboxylic acids is 1. The number of halogens is 1. The van der Waals surface area contributed by atoms with E-state index in [1.807, 2.05) is 37.3 Å². The number of anilines is 1. The molecule has 2 aromatic carbocycles. The third-order valence-electron chi connectivity index (χ3n) is 4.11. The van der Waals surface area contributed by atoms with Crippen LogP contribution in [0.1, 0.15) is 24.0 Å². The molecule has 25 heavy (non-hydrogen) atoms. The van der Waals surface area contributed by atoms with Crippen molar-refractivity contribution in [2.24, 2.45) is 0 Å². The highest BCUT2D eigenvalue weighted by Gasteiger charge is 2.30. The molecule has 0 aliphatic carbocycles. The number of benzene rings is 2. The normalized spacial score (nSPS) is 15.5. The lowest BCUT2D eigenvalue weighted by molar-refractivity contribution is -0.117. The van der Waals surface area contributed by atoms with Crippen molar-refractivity contribution in [3.05, 3.63) is 64.7 Å². The van der Waals surface area contributed by atoms with Gasteiger partial charge in [-0.05, 0) is 54.3 Å². The van der Waals surface area contributed by atoms with Crippen LogP contribution in [0.2, 0.25) is 5.02 Å². The summed E-state index contributed by atoms with van der Waals surface area (Å²) < 4.78 is 11.1. The molecule has 3 rings (SSSR count). The second kappa shape index (κ2) is 7.19. The molecule has 1 heterocycles. The standard InChI is InChI=1S/C20H20ClNO3/c1-12(2)11-25-18-7-4-13(9-19(18)24-3)8-16-15-6-5-14(21)10-17(15)22-20(16)23/h4-7,9-10,16H,1,8,11H2,2-3H3,(H,22,23)/t16-/m0/s1. The summed E-state index contributed by atoms with van der Waals surface area (Å²) in [5.41, 5.74) is 3.69. The first-order valence-corrected chi connectivity index (χ1v) is 8.40. The van der Waals surface area contributed by atoms with Gasteiger partial charge in [-0.3, -0.25) is 4.79 Å². The highest BCUT2D eigenvalue weighted by atomic mass is 35.5. The first kappa shape index (κ1) is 17.4. The molecule has 0 fully saturated rings. The Morgan fingerprint density at radius 3 is 2.76 bits per heavy atom. The van der Waals surface area contributed by atoms with Crippen molar-refractivity contribution in [2.75, 3.05) is 19.0 Å². The number of carbonyl (C=O) groups is 1. The second-order valence-corrected chi connectivity index (χ2v) is 6.64. The quantitative estimate of drug-likeness (QED) is 0.769. The summed E-state index contributed by atoms with van der Waals surface area (Å²) in [6.45, 7) is 6.17. The van der Waals surface area contributed by atoms with Crippen molar-refractivity contribution in [2.45, 2.75) is 19.3 Å². The Labute approximate surface area is 152 Å². The molecule has 1 aliphatic rings. The van der Waals surface area contributed by atoms with Crippen LogP contribution in [0, 0.1) is 0 Å². The minimum absolute atomic E-state index is 0.0150. The third kappa shape index (κ3) is 3.80. The third-order valence-corrected chi connectivity index (χ3v) is 4.34.